The number of halogens is 1. The smallest absolute Gasteiger partial charge is 0.0624 e. The molecule has 4 rings (SSSR count). The van der Waals surface area contributed by atoms with E-state index < -0.39 is 0 Å². The fourth-order valence-electron chi connectivity index (χ4n) is 3.68. The molecule has 2 aliphatic carbocycles. The minimum absolute atomic E-state index is 0. The standard InChI is InChI=1S/C20H17Cl.C2H4.Zr/c1-20(21,18-12-10-14-6-2-4-8-16(14)18)19-13-11-15-7-3-5-9-17(15)19;1-2;/h2-13,18-19H,1H3;1-2H2;. The average Bonchev–Trinajstić information content (AvgIpc) is 3.21. The topological polar surface area (TPSA) is 0 Å². The maximum atomic E-state index is 7.10. The van der Waals surface area contributed by atoms with E-state index in [0.717, 1.165) is 0 Å². The second-order valence-electron chi connectivity index (χ2n) is 6.08. The zero-order chi connectivity index (χ0) is 16.4. The van der Waals surface area contributed by atoms with Crippen LogP contribution in [-0.2, 0) is 26.2 Å². The van der Waals surface area contributed by atoms with Gasteiger partial charge < -0.3 is 0 Å². The molecule has 0 bridgehead atoms. The van der Waals surface area contributed by atoms with E-state index in [9.17, 15) is 0 Å². The van der Waals surface area contributed by atoms with Crippen molar-refractivity contribution in [3.63, 3.8) is 0 Å². The Labute approximate surface area is 169 Å². The van der Waals surface area contributed by atoms with Gasteiger partial charge in [0.05, 0.1) is 4.87 Å². The normalized spacial score (nSPS) is 21.8. The van der Waals surface area contributed by atoms with E-state index in [1.165, 1.54) is 22.3 Å². The van der Waals surface area contributed by atoms with Crippen molar-refractivity contribution < 1.29 is 26.2 Å². The first-order valence-corrected chi connectivity index (χ1v) is 8.29. The fraction of sp³-hybridized carbons (Fsp3) is 0.182. The molecule has 0 spiro atoms. The van der Waals surface area contributed by atoms with Gasteiger partial charge in [0.1, 0.15) is 0 Å². The summed E-state index contributed by atoms with van der Waals surface area (Å²) in [6.45, 7) is 8.17. The summed E-state index contributed by atoms with van der Waals surface area (Å²) in [7, 11) is 0. The van der Waals surface area contributed by atoms with Crippen molar-refractivity contribution >= 4 is 23.8 Å². The van der Waals surface area contributed by atoms with E-state index in [1.807, 2.05) is 0 Å². The predicted molar refractivity (Wildman–Crippen MR) is 102 cm³/mol. The Bertz CT molecular complexity index is 710. The summed E-state index contributed by atoms with van der Waals surface area (Å²) in [5.74, 6) is 0.493. The molecule has 24 heavy (non-hydrogen) atoms. The van der Waals surface area contributed by atoms with Crippen LogP contribution >= 0.6 is 11.6 Å². The third kappa shape index (κ3) is 3.17. The first kappa shape index (κ1) is 19.2. The van der Waals surface area contributed by atoms with Gasteiger partial charge in [-0.15, -0.1) is 24.8 Å². The van der Waals surface area contributed by atoms with Crippen molar-refractivity contribution in [1.29, 1.82) is 0 Å². The zero-order valence-corrected chi connectivity index (χ0v) is 17.1. The molecule has 2 aromatic rings. The molecule has 2 aromatic carbocycles. The molecule has 0 nitrogen and oxygen atoms in total. The predicted octanol–water partition coefficient (Wildman–Crippen LogP) is 6.40. The van der Waals surface area contributed by atoms with Crippen LogP contribution < -0.4 is 0 Å². The molecule has 0 aliphatic heterocycles. The molecule has 2 aliphatic rings. The Morgan fingerprint density at radius 1 is 0.792 bits per heavy atom. The summed E-state index contributed by atoms with van der Waals surface area (Å²) in [5, 5.41) is 0. The van der Waals surface area contributed by atoms with Crippen LogP contribution in [0.25, 0.3) is 12.2 Å². The molecule has 2 atom stereocenters. The molecule has 2 unspecified atom stereocenters. The van der Waals surface area contributed by atoms with E-state index >= 15 is 0 Å². The van der Waals surface area contributed by atoms with Gasteiger partial charge in [-0.3, -0.25) is 0 Å². The maximum absolute atomic E-state index is 7.10. The van der Waals surface area contributed by atoms with Gasteiger partial charge in [-0.1, -0.05) is 72.8 Å². The SMILES string of the molecule is C=C.CC(Cl)(C1C=Cc2ccccc21)C1C=Cc2ccccc21.[Zr]. The number of alkyl halides is 1. The molecule has 0 aromatic heterocycles. The first-order chi connectivity index (χ1) is 11.2. The number of rotatable bonds is 2. The molecule has 0 amide bonds. The average molecular weight is 412 g/mol. The van der Waals surface area contributed by atoms with Crippen LogP contribution in [0.4, 0.5) is 0 Å². The molecular weight excluding hydrogens is 391 g/mol. The molecular formula is C22H21ClZr. The molecule has 0 heterocycles. The van der Waals surface area contributed by atoms with Crippen molar-refractivity contribution in [3.8, 4) is 0 Å². The van der Waals surface area contributed by atoms with Crippen molar-refractivity contribution in [2.24, 2.45) is 0 Å². The van der Waals surface area contributed by atoms with E-state index in [1.54, 1.807) is 0 Å². The summed E-state index contributed by atoms with van der Waals surface area (Å²) < 4.78 is 0. The Kier molecular flexibility index (Phi) is 6.24. The summed E-state index contributed by atoms with van der Waals surface area (Å²) in [4.78, 5) is -0.355. The summed E-state index contributed by atoms with van der Waals surface area (Å²) in [5.41, 5.74) is 5.27. The number of benzene rings is 2. The second-order valence-corrected chi connectivity index (χ2v) is 6.90. The minimum Gasteiger partial charge on any atom is -0.118 e. The van der Waals surface area contributed by atoms with E-state index in [2.05, 4.69) is 92.9 Å². The van der Waals surface area contributed by atoms with Gasteiger partial charge in [-0.25, -0.2) is 0 Å². The van der Waals surface area contributed by atoms with Crippen molar-refractivity contribution in [3.05, 3.63) is 96.1 Å². The van der Waals surface area contributed by atoms with Gasteiger partial charge in [0.25, 0.3) is 0 Å². The Hall–Kier alpha value is -1.17. The molecule has 0 saturated carbocycles. The van der Waals surface area contributed by atoms with Crippen LogP contribution in [-0.4, -0.2) is 4.87 Å². The van der Waals surface area contributed by atoms with E-state index in [-0.39, 0.29) is 42.9 Å². The number of hydrogen-bond acceptors (Lipinski definition) is 0. The quantitative estimate of drug-likeness (QED) is 0.396. The fourth-order valence-corrected chi connectivity index (χ4v) is 4.06. The summed E-state index contributed by atoms with van der Waals surface area (Å²) in [6, 6.07) is 17.1. The van der Waals surface area contributed by atoms with Crippen LogP contribution in [0.2, 0.25) is 0 Å². The molecule has 0 N–H and O–H groups in total. The Morgan fingerprint density at radius 3 is 1.58 bits per heavy atom. The Balaban J connectivity index is 0.000000670. The first-order valence-electron chi connectivity index (χ1n) is 7.91. The largest absolute Gasteiger partial charge is 0.118 e. The third-order valence-electron chi connectivity index (χ3n) is 4.81. The third-order valence-corrected chi connectivity index (χ3v) is 5.29. The van der Waals surface area contributed by atoms with Gasteiger partial charge in [-0.05, 0) is 29.2 Å². The molecule has 2 heteroatoms. The number of fused-ring (bicyclic) bond motifs is 2. The van der Waals surface area contributed by atoms with Crippen LogP contribution in [0.5, 0.6) is 0 Å². The van der Waals surface area contributed by atoms with Crippen LogP contribution in [0, 0.1) is 0 Å². The van der Waals surface area contributed by atoms with E-state index in [0.29, 0.717) is 0 Å². The number of hydrogen-bond donors (Lipinski definition) is 0. The Morgan fingerprint density at radius 2 is 1.17 bits per heavy atom. The van der Waals surface area contributed by atoms with Gasteiger partial charge in [-0.2, -0.15) is 0 Å². The summed E-state index contributed by atoms with van der Waals surface area (Å²) in [6.07, 6.45) is 8.91. The van der Waals surface area contributed by atoms with Gasteiger partial charge >= 0.3 is 0 Å². The molecule has 0 fully saturated rings. The molecule has 120 valence electrons. The summed E-state index contributed by atoms with van der Waals surface area (Å²) >= 11 is 7.10. The van der Waals surface area contributed by atoms with Crippen molar-refractivity contribution in [2.45, 2.75) is 23.6 Å². The van der Waals surface area contributed by atoms with E-state index in [4.69, 9.17) is 11.6 Å². The van der Waals surface area contributed by atoms with Crippen molar-refractivity contribution in [2.75, 3.05) is 0 Å². The van der Waals surface area contributed by atoms with Gasteiger partial charge in [0.15, 0.2) is 0 Å². The zero-order valence-electron chi connectivity index (χ0n) is 13.9. The monoisotopic (exact) mass is 410 g/mol. The van der Waals surface area contributed by atoms with Gasteiger partial charge in [0, 0.05) is 38.0 Å². The van der Waals surface area contributed by atoms with Crippen LogP contribution in [0.15, 0.2) is 73.8 Å². The van der Waals surface area contributed by atoms with Crippen LogP contribution in [0.1, 0.15) is 41.0 Å². The molecule has 0 saturated heterocycles. The minimum atomic E-state index is -0.355. The second kappa shape index (κ2) is 7.81. The van der Waals surface area contributed by atoms with Gasteiger partial charge in [0.2, 0.25) is 0 Å². The van der Waals surface area contributed by atoms with Crippen molar-refractivity contribution in [1.82, 2.24) is 0 Å². The van der Waals surface area contributed by atoms with Crippen LogP contribution in [0.3, 0.4) is 0 Å². The molecule has 0 radical (unpaired) electrons. The maximum Gasteiger partial charge on any atom is 0.0624 e. The number of allylic oxidation sites excluding steroid dienone is 2.